The molecule has 1 heterocycles. The highest BCUT2D eigenvalue weighted by Gasteiger charge is 2.17. The summed E-state index contributed by atoms with van der Waals surface area (Å²) in [7, 11) is -0.415. The summed E-state index contributed by atoms with van der Waals surface area (Å²) in [6.07, 6.45) is 0. The molecule has 31 heavy (non-hydrogen) atoms. The zero-order valence-corrected chi connectivity index (χ0v) is 18.5. The van der Waals surface area contributed by atoms with Crippen LogP contribution in [0.4, 0.5) is 5.69 Å². The van der Waals surface area contributed by atoms with Crippen molar-refractivity contribution in [3.05, 3.63) is 76.7 Å². The zero-order chi connectivity index (χ0) is 22.6. The third-order valence-electron chi connectivity index (χ3n) is 4.31. The maximum atomic E-state index is 12.4. The second kappa shape index (κ2) is 9.19. The summed E-state index contributed by atoms with van der Waals surface area (Å²) in [5.41, 5.74) is 1.48. The van der Waals surface area contributed by atoms with Gasteiger partial charge in [-0.25, -0.2) is 8.42 Å². The lowest BCUT2D eigenvalue weighted by Crippen LogP contribution is -2.23. The minimum Gasteiger partial charge on any atom is -0.507 e. The fourth-order valence-corrected chi connectivity index (χ4v) is 4.75. The monoisotopic (exact) mass is 459 g/mol. The van der Waals surface area contributed by atoms with Crippen molar-refractivity contribution in [2.45, 2.75) is 10.8 Å². The smallest absolute Gasteiger partial charge is 0.271 e. The van der Waals surface area contributed by atoms with Crippen LogP contribution >= 0.6 is 11.3 Å². The van der Waals surface area contributed by atoms with Gasteiger partial charge >= 0.3 is 0 Å². The Labute approximate surface area is 184 Å². The molecule has 3 rings (SSSR count). The molecule has 2 amide bonds. The summed E-state index contributed by atoms with van der Waals surface area (Å²) in [6, 6.07) is 13.8. The lowest BCUT2D eigenvalue weighted by molar-refractivity contribution is 0.0827. The number of nitrogens with one attached hydrogen (secondary N) is 2. The Balaban J connectivity index is 1.64. The summed E-state index contributed by atoms with van der Waals surface area (Å²) in [5.74, 6) is -0.982. The van der Waals surface area contributed by atoms with Gasteiger partial charge < -0.3 is 15.3 Å². The van der Waals surface area contributed by atoms with Gasteiger partial charge in [0.25, 0.3) is 21.8 Å². The Morgan fingerprint density at radius 1 is 1.06 bits per heavy atom. The van der Waals surface area contributed by atoms with Crippen LogP contribution in [0.1, 0.15) is 26.3 Å². The number of anilines is 1. The fourth-order valence-electron chi connectivity index (χ4n) is 2.71. The van der Waals surface area contributed by atoms with Crippen molar-refractivity contribution in [3.8, 4) is 5.75 Å². The minimum atomic E-state index is -3.75. The van der Waals surface area contributed by atoms with Crippen molar-refractivity contribution in [3.63, 3.8) is 0 Å². The molecule has 0 radical (unpaired) electrons. The third-order valence-corrected chi connectivity index (χ3v) is 7.09. The highest BCUT2D eigenvalue weighted by molar-refractivity contribution is 7.94. The number of thiophene rings is 1. The van der Waals surface area contributed by atoms with Crippen molar-refractivity contribution >= 4 is 38.9 Å². The van der Waals surface area contributed by atoms with Crippen molar-refractivity contribution < 1.29 is 23.1 Å². The molecular formula is C21H21N3O5S2. The molecule has 0 aliphatic carbocycles. The molecule has 3 aromatic rings. The molecule has 0 atom stereocenters. The van der Waals surface area contributed by atoms with Crippen LogP contribution in [0, 0.1) is 0 Å². The van der Waals surface area contributed by atoms with Gasteiger partial charge in [0.15, 0.2) is 0 Å². The van der Waals surface area contributed by atoms with Crippen LogP contribution in [0.2, 0.25) is 0 Å². The lowest BCUT2D eigenvalue weighted by atomic mass is 10.1. The predicted molar refractivity (Wildman–Crippen MR) is 119 cm³/mol. The molecule has 0 saturated heterocycles. The van der Waals surface area contributed by atoms with E-state index in [4.69, 9.17) is 0 Å². The molecule has 3 N–H and O–H groups in total. The van der Waals surface area contributed by atoms with Gasteiger partial charge in [0.2, 0.25) is 0 Å². The summed E-state index contributed by atoms with van der Waals surface area (Å²) >= 11 is 1.07. The zero-order valence-electron chi connectivity index (χ0n) is 16.8. The van der Waals surface area contributed by atoms with Crippen LogP contribution in [-0.2, 0) is 16.6 Å². The fraction of sp³-hybridized carbons (Fsp3) is 0.143. The molecule has 162 valence electrons. The summed E-state index contributed by atoms with van der Waals surface area (Å²) < 4.78 is 27.1. The van der Waals surface area contributed by atoms with Crippen LogP contribution in [0.5, 0.6) is 5.75 Å². The summed E-state index contributed by atoms with van der Waals surface area (Å²) in [5, 5.41) is 14.5. The van der Waals surface area contributed by atoms with Crippen molar-refractivity contribution in [2.24, 2.45) is 0 Å². The molecule has 0 aliphatic rings. The van der Waals surface area contributed by atoms with Gasteiger partial charge in [-0.05, 0) is 41.3 Å². The number of rotatable bonds is 7. The SMILES string of the molecule is CN(C)C(=O)c1ccc(CNC(=O)c2ccc(NS(=O)(=O)c3cccs3)cc2O)cc1. The van der Waals surface area contributed by atoms with Gasteiger partial charge in [-0.15, -0.1) is 11.3 Å². The van der Waals surface area contributed by atoms with Crippen LogP contribution in [0.3, 0.4) is 0 Å². The lowest BCUT2D eigenvalue weighted by Gasteiger charge is -2.12. The van der Waals surface area contributed by atoms with Crippen LogP contribution in [0.25, 0.3) is 0 Å². The van der Waals surface area contributed by atoms with E-state index in [0.29, 0.717) is 5.56 Å². The molecule has 0 unspecified atom stereocenters. The average molecular weight is 460 g/mol. The molecule has 1 aromatic heterocycles. The largest absolute Gasteiger partial charge is 0.507 e. The van der Waals surface area contributed by atoms with Crippen molar-refractivity contribution in [2.75, 3.05) is 18.8 Å². The first-order valence-corrected chi connectivity index (χ1v) is 11.5. The average Bonchev–Trinajstić information content (AvgIpc) is 3.27. The molecule has 0 bridgehead atoms. The Kier molecular flexibility index (Phi) is 6.62. The Morgan fingerprint density at radius 2 is 1.77 bits per heavy atom. The van der Waals surface area contributed by atoms with Gasteiger partial charge in [0.05, 0.1) is 11.3 Å². The molecule has 0 aliphatic heterocycles. The van der Waals surface area contributed by atoms with Gasteiger partial charge in [0, 0.05) is 32.3 Å². The maximum Gasteiger partial charge on any atom is 0.271 e. The first-order valence-electron chi connectivity index (χ1n) is 9.15. The van der Waals surface area contributed by atoms with E-state index in [2.05, 4.69) is 10.0 Å². The molecule has 0 spiro atoms. The van der Waals surface area contributed by atoms with Crippen molar-refractivity contribution in [1.82, 2.24) is 10.2 Å². The molecular weight excluding hydrogens is 438 g/mol. The number of hydrogen-bond donors (Lipinski definition) is 3. The number of carbonyl (C=O) groups is 2. The minimum absolute atomic E-state index is 0.0125. The molecule has 8 nitrogen and oxygen atoms in total. The number of sulfonamides is 1. The Morgan fingerprint density at radius 3 is 2.35 bits per heavy atom. The number of amides is 2. The van der Waals surface area contributed by atoms with E-state index in [0.717, 1.165) is 16.9 Å². The second-order valence-corrected chi connectivity index (χ2v) is 9.71. The van der Waals surface area contributed by atoms with Gasteiger partial charge in [0.1, 0.15) is 9.96 Å². The van der Waals surface area contributed by atoms with Gasteiger partial charge in [-0.2, -0.15) is 0 Å². The highest BCUT2D eigenvalue weighted by atomic mass is 32.2. The molecule has 2 aromatic carbocycles. The van der Waals surface area contributed by atoms with E-state index >= 15 is 0 Å². The van der Waals surface area contributed by atoms with E-state index in [1.807, 2.05) is 0 Å². The predicted octanol–water partition coefficient (Wildman–Crippen LogP) is 2.89. The summed E-state index contributed by atoms with van der Waals surface area (Å²) in [6.45, 7) is 0.196. The van der Waals surface area contributed by atoms with E-state index in [9.17, 15) is 23.1 Å². The summed E-state index contributed by atoms with van der Waals surface area (Å²) in [4.78, 5) is 25.8. The number of phenolic OH excluding ortho intramolecular Hbond substituents is 1. The van der Waals surface area contributed by atoms with E-state index < -0.39 is 15.9 Å². The van der Waals surface area contributed by atoms with E-state index in [-0.39, 0.29) is 33.7 Å². The first-order chi connectivity index (χ1) is 14.7. The third kappa shape index (κ3) is 5.41. The number of nitrogens with zero attached hydrogens (tertiary/aromatic N) is 1. The Hall–Kier alpha value is -3.37. The molecule has 0 fully saturated rings. The van der Waals surface area contributed by atoms with Gasteiger partial charge in [-0.3, -0.25) is 14.3 Å². The maximum absolute atomic E-state index is 12.4. The molecule has 10 heteroatoms. The van der Waals surface area contributed by atoms with Gasteiger partial charge in [-0.1, -0.05) is 18.2 Å². The number of aromatic hydroxyl groups is 1. The first kappa shape index (κ1) is 22.3. The standard InChI is InChI=1S/C21H21N3O5S2/c1-24(2)21(27)15-7-5-14(6-8-15)13-22-20(26)17-10-9-16(12-18(17)25)23-31(28,29)19-4-3-11-30-19/h3-12,23,25H,13H2,1-2H3,(H,22,26). The van der Waals surface area contributed by atoms with Crippen LogP contribution < -0.4 is 10.0 Å². The van der Waals surface area contributed by atoms with Crippen molar-refractivity contribution in [1.29, 1.82) is 0 Å². The highest BCUT2D eigenvalue weighted by Crippen LogP contribution is 2.25. The van der Waals surface area contributed by atoms with E-state index in [1.165, 1.54) is 29.2 Å². The number of hydrogen-bond acceptors (Lipinski definition) is 6. The number of benzene rings is 2. The Bertz CT molecular complexity index is 1190. The van der Waals surface area contributed by atoms with E-state index in [1.54, 1.807) is 49.8 Å². The number of phenols is 1. The second-order valence-electron chi connectivity index (χ2n) is 6.85. The quantitative estimate of drug-likeness (QED) is 0.502. The van der Waals surface area contributed by atoms with Crippen LogP contribution in [0.15, 0.2) is 64.2 Å². The number of carbonyl (C=O) groups excluding carboxylic acids is 2. The topological polar surface area (TPSA) is 116 Å². The van der Waals surface area contributed by atoms with Crippen LogP contribution in [-0.4, -0.2) is 44.3 Å². The molecule has 0 saturated carbocycles. The normalized spacial score (nSPS) is 11.0.